The summed E-state index contributed by atoms with van der Waals surface area (Å²) < 4.78 is 2.06. The summed E-state index contributed by atoms with van der Waals surface area (Å²) in [5, 5.41) is 5.56. The van der Waals surface area contributed by atoms with E-state index >= 15 is 0 Å². The van der Waals surface area contributed by atoms with Gasteiger partial charge in [0, 0.05) is 24.5 Å². The molecule has 1 heterocycles. The molecule has 1 aromatic carbocycles. The van der Waals surface area contributed by atoms with Crippen molar-refractivity contribution in [2.45, 2.75) is 32.0 Å². The van der Waals surface area contributed by atoms with Crippen molar-refractivity contribution in [3.63, 3.8) is 0 Å². The molecule has 0 spiro atoms. The van der Waals surface area contributed by atoms with Crippen LogP contribution in [0.2, 0.25) is 0 Å². The lowest BCUT2D eigenvalue weighted by Crippen LogP contribution is -2.22. The molecule has 4 heteroatoms. The average molecular weight is 336 g/mol. The maximum atomic E-state index is 4.73. The summed E-state index contributed by atoms with van der Waals surface area (Å²) in [5.74, 6) is 1.19. The zero-order valence-corrected chi connectivity index (χ0v) is 14.0. The minimum Gasteiger partial charge on any atom is -0.359 e. The average Bonchev–Trinajstić information content (AvgIpc) is 2.82. The number of unbranched alkanes of at least 4 members (excludes halogenated alkanes) is 1. The zero-order valence-electron chi connectivity index (χ0n) is 12.4. The van der Waals surface area contributed by atoms with E-state index in [0.717, 1.165) is 23.3 Å². The van der Waals surface area contributed by atoms with Crippen LogP contribution >= 0.6 is 15.9 Å². The first-order chi connectivity index (χ1) is 9.69. The molecule has 0 N–H and O–H groups in total. The molecule has 0 aliphatic rings. The van der Waals surface area contributed by atoms with E-state index in [2.05, 4.69) is 70.7 Å². The molecule has 108 valence electrons. The van der Waals surface area contributed by atoms with E-state index in [-0.39, 0.29) is 0 Å². The molecule has 0 fully saturated rings. The predicted molar refractivity (Wildman–Crippen MR) is 89.1 cm³/mol. The Bertz CT molecular complexity index is 548. The van der Waals surface area contributed by atoms with Crippen molar-refractivity contribution < 1.29 is 0 Å². The van der Waals surface area contributed by atoms with Gasteiger partial charge in [-0.15, -0.1) is 0 Å². The number of alkyl halides is 1. The summed E-state index contributed by atoms with van der Waals surface area (Å²) in [6.45, 7) is 5.35. The molecule has 0 aliphatic heterocycles. The molecular formula is C16H22BrN3. The minimum atomic E-state index is 0.831. The highest BCUT2D eigenvalue weighted by molar-refractivity contribution is 9.08. The van der Waals surface area contributed by atoms with Gasteiger partial charge in [0.15, 0.2) is 0 Å². The van der Waals surface area contributed by atoms with Gasteiger partial charge in [0.1, 0.15) is 5.82 Å². The Hall–Kier alpha value is -1.29. The molecular weight excluding hydrogens is 314 g/mol. The van der Waals surface area contributed by atoms with Crippen molar-refractivity contribution in [2.75, 3.05) is 18.5 Å². The van der Waals surface area contributed by atoms with Crippen LogP contribution in [0.1, 0.15) is 31.0 Å². The highest BCUT2D eigenvalue weighted by Gasteiger charge is 2.18. The molecule has 0 aliphatic carbocycles. The molecule has 20 heavy (non-hydrogen) atoms. The maximum absolute atomic E-state index is 4.73. The van der Waals surface area contributed by atoms with Crippen LogP contribution in [0.3, 0.4) is 0 Å². The number of aromatic nitrogens is 2. The molecule has 2 rings (SSSR count). The van der Waals surface area contributed by atoms with E-state index in [1.165, 1.54) is 24.2 Å². The second-order valence-corrected chi connectivity index (χ2v) is 5.60. The quantitative estimate of drug-likeness (QED) is 0.733. The fourth-order valence-corrected chi connectivity index (χ4v) is 3.00. The fourth-order valence-electron chi connectivity index (χ4n) is 2.35. The molecule has 0 saturated heterocycles. The third-order valence-corrected chi connectivity index (χ3v) is 4.06. The molecule has 1 aromatic heterocycles. The SMILES string of the molecule is CCCCN(C)c1c(CBr)c(C)nn1-c1ccccc1. The van der Waals surface area contributed by atoms with E-state index in [9.17, 15) is 0 Å². The fraction of sp³-hybridized carbons (Fsp3) is 0.438. The van der Waals surface area contributed by atoms with Crippen LogP contribution in [0.5, 0.6) is 0 Å². The second kappa shape index (κ2) is 6.93. The Morgan fingerprint density at radius 2 is 1.95 bits per heavy atom. The van der Waals surface area contributed by atoms with E-state index in [1.54, 1.807) is 0 Å². The van der Waals surface area contributed by atoms with Gasteiger partial charge in [0.05, 0.1) is 11.4 Å². The highest BCUT2D eigenvalue weighted by atomic mass is 79.9. The number of aryl methyl sites for hydroxylation is 1. The summed E-state index contributed by atoms with van der Waals surface area (Å²) in [6.07, 6.45) is 2.39. The van der Waals surface area contributed by atoms with Crippen LogP contribution in [0.25, 0.3) is 5.69 Å². The molecule has 0 saturated carbocycles. The highest BCUT2D eigenvalue weighted by Crippen LogP contribution is 2.28. The molecule has 0 bridgehead atoms. The van der Waals surface area contributed by atoms with Crippen molar-refractivity contribution in [3.8, 4) is 5.69 Å². The van der Waals surface area contributed by atoms with Crippen molar-refractivity contribution in [3.05, 3.63) is 41.6 Å². The number of benzene rings is 1. The number of rotatable bonds is 6. The Labute approximate surface area is 129 Å². The largest absolute Gasteiger partial charge is 0.359 e. The van der Waals surface area contributed by atoms with Gasteiger partial charge in [-0.25, -0.2) is 4.68 Å². The molecule has 0 radical (unpaired) electrons. The van der Waals surface area contributed by atoms with E-state index in [4.69, 9.17) is 5.10 Å². The lowest BCUT2D eigenvalue weighted by Gasteiger charge is -2.21. The topological polar surface area (TPSA) is 21.1 Å². The third kappa shape index (κ3) is 3.06. The first-order valence-electron chi connectivity index (χ1n) is 7.10. The monoisotopic (exact) mass is 335 g/mol. The standard InChI is InChI=1S/C16H22BrN3/c1-4-5-11-19(3)16-15(12-17)13(2)18-20(16)14-9-7-6-8-10-14/h6-10H,4-5,11-12H2,1-3H3. The second-order valence-electron chi connectivity index (χ2n) is 5.04. The number of hydrogen-bond acceptors (Lipinski definition) is 2. The molecule has 3 nitrogen and oxygen atoms in total. The molecule has 0 atom stereocenters. The van der Waals surface area contributed by atoms with E-state index < -0.39 is 0 Å². The normalized spacial score (nSPS) is 10.8. The predicted octanol–water partition coefficient (Wildman–Crippen LogP) is 4.31. The third-order valence-electron chi connectivity index (χ3n) is 3.50. The van der Waals surface area contributed by atoms with Crippen molar-refractivity contribution in [1.29, 1.82) is 0 Å². The lowest BCUT2D eigenvalue weighted by atomic mass is 10.2. The van der Waals surface area contributed by atoms with E-state index in [0.29, 0.717) is 0 Å². The van der Waals surface area contributed by atoms with Gasteiger partial charge in [-0.05, 0) is 25.5 Å². The molecule has 0 amide bonds. The summed E-state index contributed by atoms with van der Waals surface area (Å²) in [4.78, 5) is 2.31. The summed E-state index contributed by atoms with van der Waals surface area (Å²) in [7, 11) is 2.15. The minimum absolute atomic E-state index is 0.831. The van der Waals surface area contributed by atoms with Crippen LogP contribution in [0, 0.1) is 6.92 Å². The zero-order chi connectivity index (χ0) is 14.5. The van der Waals surface area contributed by atoms with Gasteiger partial charge in [-0.2, -0.15) is 5.10 Å². The van der Waals surface area contributed by atoms with Gasteiger partial charge in [0.25, 0.3) is 0 Å². The first-order valence-corrected chi connectivity index (χ1v) is 8.22. The Morgan fingerprint density at radius 1 is 1.25 bits per heavy atom. The van der Waals surface area contributed by atoms with Gasteiger partial charge in [-0.1, -0.05) is 47.5 Å². The van der Waals surface area contributed by atoms with Crippen LogP contribution in [-0.4, -0.2) is 23.4 Å². The van der Waals surface area contributed by atoms with Gasteiger partial charge < -0.3 is 4.90 Å². The van der Waals surface area contributed by atoms with Crippen molar-refractivity contribution in [1.82, 2.24) is 9.78 Å². The van der Waals surface area contributed by atoms with E-state index in [1.807, 2.05) is 6.07 Å². The Balaban J connectivity index is 2.46. The smallest absolute Gasteiger partial charge is 0.136 e. The molecule has 0 unspecified atom stereocenters. The first kappa shape index (κ1) is 15.1. The number of halogens is 1. The van der Waals surface area contributed by atoms with Crippen molar-refractivity contribution in [2.24, 2.45) is 0 Å². The van der Waals surface area contributed by atoms with Crippen LogP contribution in [0.4, 0.5) is 5.82 Å². The summed E-state index contributed by atoms with van der Waals surface area (Å²) in [6, 6.07) is 10.3. The maximum Gasteiger partial charge on any atom is 0.136 e. The summed E-state index contributed by atoms with van der Waals surface area (Å²) in [5.41, 5.74) is 3.47. The van der Waals surface area contributed by atoms with Crippen LogP contribution < -0.4 is 4.90 Å². The Morgan fingerprint density at radius 3 is 2.55 bits per heavy atom. The van der Waals surface area contributed by atoms with Crippen molar-refractivity contribution >= 4 is 21.7 Å². The van der Waals surface area contributed by atoms with Gasteiger partial charge in [0.2, 0.25) is 0 Å². The Kier molecular flexibility index (Phi) is 5.24. The molecule has 2 aromatic rings. The lowest BCUT2D eigenvalue weighted by molar-refractivity contribution is 0.737. The van der Waals surface area contributed by atoms with Crippen LogP contribution in [0.15, 0.2) is 30.3 Å². The number of nitrogens with zero attached hydrogens (tertiary/aromatic N) is 3. The van der Waals surface area contributed by atoms with Gasteiger partial charge >= 0.3 is 0 Å². The number of para-hydroxylation sites is 1. The van der Waals surface area contributed by atoms with Gasteiger partial charge in [-0.3, -0.25) is 0 Å². The number of hydrogen-bond donors (Lipinski definition) is 0. The summed E-state index contributed by atoms with van der Waals surface area (Å²) >= 11 is 3.60. The van der Waals surface area contributed by atoms with Crippen LogP contribution in [-0.2, 0) is 5.33 Å². The number of anilines is 1.